The first-order chi connectivity index (χ1) is 20.5. The number of benzene rings is 3. The molecular formula is C34H42ClN3O4. The average Bonchev–Trinajstić information content (AvgIpc) is 3.73. The van der Waals surface area contributed by atoms with Gasteiger partial charge in [0.05, 0.1) is 24.9 Å². The van der Waals surface area contributed by atoms with Crippen molar-refractivity contribution in [1.29, 1.82) is 0 Å². The Morgan fingerprint density at radius 2 is 1.62 bits per heavy atom. The van der Waals surface area contributed by atoms with Crippen LogP contribution in [0.3, 0.4) is 0 Å². The lowest BCUT2D eigenvalue weighted by molar-refractivity contribution is -0.106. The maximum absolute atomic E-state index is 13.5. The van der Waals surface area contributed by atoms with E-state index in [4.69, 9.17) is 25.9 Å². The van der Waals surface area contributed by atoms with Crippen molar-refractivity contribution in [3.05, 3.63) is 71.2 Å². The molecule has 42 heavy (non-hydrogen) atoms. The Morgan fingerprint density at radius 3 is 2.24 bits per heavy atom. The predicted octanol–water partition coefficient (Wildman–Crippen LogP) is 7.01. The Kier molecular flexibility index (Phi) is 11.7. The van der Waals surface area contributed by atoms with Gasteiger partial charge in [0, 0.05) is 35.9 Å². The third kappa shape index (κ3) is 7.84. The summed E-state index contributed by atoms with van der Waals surface area (Å²) < 4.78 is 11.7. The fraction of sp³-hybridized carbons (Fsp3) is 0.412. The third-order valence-corrected chi connectivity index (χ3v) is 8.12. The van der Waals surface area contributed by atoms with Crippen molar-refractivity contribution in [2.24, 2.45) is 0 Å². The van der Waals surface area contributed by atoms with Crippen molar-refractivity contribution in [1.82, 2.24) is 5.32 Å². The Labute approximate surface area is 254 Å². The Morgan fingerprint density at radius 1 is 0.952 bits per heavy atom. The highest BCUT2D eigenvalue weighted by atomic mass is 35.5. The molecule has 1 amide bonds. The van der Waals surface area contributed by atoms with Gasteiger partial charge in [0.2, 0.25) is 0 Å². The summed E-state index contributed by atoms with van der Waals surface area (Å²) in [5.74, 6) is 1.28. The van der Waals surface area contributed by atoms with Crippen LogP contribution < -0.4 is 24.6 Å². The van der Waals surface area contributed by atoms with Crippen molar-refractivity contribution in [3.63, 3.8) is 0 Å². The summed E-state index contributed by atoms with van der Waals surface area (Å²) in [5, 5.41) is 4.04. The molecule has 3 aromatic rings. The van der Waals surface area contributed by atoms with Gasteiger partial charge in [0.1, 0.15) is 24.4 Å². The number of hydrogen-bond donors (Lipinski definition) is 1. The highest BCUT2D eigenvalue weighted by molar-refractivity contribution is 6.30. The van der Waals surface area contributed by atoms with Crippen LogP contribution in [0.2, 0.25) is 5.02 Å². The summed E-state index contributed by atoms with van der Waals surface area (Å²) in [6, 6.07) is 19.8. The van der Waals surface area contributed by atoms with E-state index in [1.165, 1.54) is 39.0 Å². The number of nitrogens with zero attached hydrogens (tertiary/aromatic N) is 2. The van der Waals surface area contributed by atoms with Gasteiger partial charge in [-0.05, 0) is 67.9 Å². The van der Waals surface area contributed by atoms with Gasteiger partial charge < -0.3 is 29.4 Å². The van der Waals surface area contributed by atoms with Crippen molar-refractivity contribution >= 4 is 35.2 Å². The van der Waals surface area contributed by atoms with E-state index in [2.05, 4.69) is 16.3 Å². The molecule has 1 aliphatic carbocycles. The van der Waals surface area contributed by atoms with Crippen molar-refractivity contribution in [2.45, 2.75) is 51.5 Å². The van der Waals surface area contributed by atoms with Gasteiger partial charge >= 0.3 is 0 Å². The van der Waals surface area contributed by atoms with E-state index in [1.807, 2.05) is 61.6 Å². The zero-order valence-electron chi connectivity index (χ0n) is 24.9. The lowest BCUT2D eigenvalue weighted by atomic mass is 10.0. The van der Waals surface area contributed by atoms with Crippen LogP contribution in [-0.4, -0.2) is 58.6 Å². The van der Waals surface area contributed by atoms with Crippen LogP contribution in [0.25, 0.3) is 11.1 Å². The Hall–Kier alpha value is -3.55. The van der Waals surface area contributed by atoms with E-state index in [-0.39, 0.29) is 5.91 Å². The molecule has 1 atom stereocenters. The van der Waals surface area contributed by atoms with Gasteiger partial charge in [-0.1, -0.05) is 61.9 Å². The average molecular weight is 592 g/mol. The minimum atomic E-state index is -0.0821. The largest absolute Gasteiger partial charge is 0.495 e. The molecule has 2 heterocycles. The second kappa shape index (κ2) is 15.6. The summed E-state index contributed by atoms with van der Waals surface area (Å²) in [6.07, 6.45) is 9.35. The van der Waals surface area contributed by atoms with E-state index in [0.29, 0.717) is 35.5 Å². The van der Waals surface area contributed by atoms with Crippen LogP contribution in [0.1, 0.15) is 55.8 Å². The number of nitrogens with one attached hydrogen (secondary N) is 1. The lowest BCUT2D eigenvalue weighted by Gasteiger charge is -2.25. The summed E-state index contributed by atoms with van der Waals surface area (Å²) in [7, 11) is 3.67. The second-order valence-electron chi connectivity index (χ2n) is 10.6. The summed E-state index contributed by atoms with van der Waals surface area (Å²) in [4.78, 5) is 26.4. The third-order valence-electron chi connectivity index (χ3n) is 7.87. The Balaban J connectivity index is 0.000000444. The van der Waals surface area contributed by atoms with Crippen LogP contribution in [0, 0.1) is 0 Å². The van der Waals surface area contributed by atoms with Gasteiger partial charge in [0.25, 0.3) is 5.91 Å². The molecule has 7 nitrogen and oxygen atoms in total. The fourth-order valence-electron chi connectivity index (χ4n) is 5.57. The molecule has 3 aliphatic rings. The molecule has 1 N–H and O–H groups in total. The molecule has 1 unspecified atom stereocenters. The smallest absolute Gasteiger partial charge is 0.262 e. The quantitative estimate of drug-likeness (QED) is 0.322. The normalized spacial score (nSPS) is 17.6. The number of carbonyl (C=O) groups is 2. The zero-order valence-corrected chi connectivity index (χ0v) is 25.7. The predicted molar refractivity (Wildman–Crippen MR) is 172 cm³/mol. The highest BCUT2D eigenvalue weighted by Gasteiger charge is 2.28. The molecule has 224 valence electrons. The second-order valence-corrected chi connectivity index (χ2v) is 11.0. The number of hydrogen-bond acceptors (Lipinski definition) is 6. The number of anilines is 2. The molecule has 0 radical (unpaired) electrons. The Bertz CT molecular complexity index is 1320. The minimum Gasteiger partial charge on any atom is -0.495 e. The molecule has 2 aliphatic heterocycles. The number of ether oxygens (including phenoxy) is 2. The zero-order chi connectivity index (χ0) is 29.9. The monoisotopic (exact) mass is 591 g/mol. The van der Waals surface area contributed by atoms with Crippen LogP contribution >= 0.6 is 11.6 Å². The molecule has 3 aromatic carbocycles. The first kappa shape index (κ1) is 31.4. The maximum atomic E-state index is 13.5. The van der Waals surface area contributed by atoms with E-state index < -0.39 is 0 Å². The number of fused-ring (bicyclic) bond motifs is 1. The van der Waals surface area contributed by atoms with Crippen LogP contribution in [0.4, 0.5) is 11.4 Å². The molecule has 8 heteroatoms. The fourth-order valence-corrected chi connectivity index (χ4v) is 5.70. The van der Waals surface area contributed by atoms with Gasteiger partial charge in [-0.2, -0.15) is 0 Å². The number of likely N-dealkylation sites (N-methyl/N-ethyl adjacent to an activating group) is 1. The number of rotatable bonds is 5. The molecule has 0 bridgehead atoms. The van der Waals surface area contributed by atoms with E-state index in [0.717, 1.165) is 54.0 Å². The van der Waals surface area contributed by atoms with Crippen molar-refractivity contribution in [2.75, 3.05) is 50.2 Å². The van der Waals surface area contributed by atoms with E-state index in [9.17, 15) is 4.79 Å². The lowest BCUT2D eigenvalue weighted by Crippen LogP contribution is -2.32. The molecule has 2 fully saturated rings. The summed E-state index contributed by atoms with van der Waals surface area (Å²) in [5.41, 5.74) is 4.40. The minimum absolute atomic E-state index is 0.0821. The van der Waals surface area contributed by atoms with Crippen LogP contribution in [0.5, 0.6) is 11.5 Å². The highest BCUT2D eigenvalue weighted by Crippen LogP contribution is 2.37. The summed E-state index contributed by atoms with van der Waals surface area (Å²) >= 11 is 6.02. The number of halogens is 1. The summed E-state index contributed by atoms with van der Waals surface area (Å²) in [6.45, 7) is 4.22. The molecule has 0 spiro atoms. The molecule has 0 aromatic heterocycles. The molecule has 1 saturated heterocycles. The van der Waals surface area contributed by atoms with Crippen molar-refractivity contribution < 1.29 is 19.1 Å². The van der Waals surface area contributed by atoms with Crippen LogP contribution in [0.15, 0.2) is 60.7 Å². The number of aldehydes is 1. The molecule has 6 rings (SSSR count). The van der Waals surface area contributed by atoms with Crippen LogP contribution in [-0.2, 0) is 4.79 Å². The number of methoxy groups -OCH3 is 1. The first-order valence-corrected chi connectivity index (χ1v) is 15.2. The first-order valence-electron chi connectivity index (χ1n) is 14.8. The topological polar surface area (TPSA) is 71.1 Å². The van der Waals surface area contributed by atoms with E-state index in [1.54, 1.807) is 12.0 Å². The SMILES string of the molecule is C1CCCC1.CC=O.CNC1CCN(c2ccc(N3CCOc4cc(-c5ccc(Cl)cc5)ccc4C3=O)cc2OC)C1. The molecular weight excluding hydrogens is 550 g/mol. The van der Waals surface area contributed by atoms with Gasteiger partial charge in [0.15, 0.2) is 0 Å². The number of amides is 1. The van der Waals surface area contributed by atoms with Gasteiger partial charge in [-0.3, -0.25) is 4.79 Å². The maximum Gasteiger partial charge on any atom is 0.262 e. The number of carbonyl (C=O) groups excluding carboxylic acids is 2. The van der Waals surface area contributed by atoms with Gasteiger partial charge in [-0.25, -0.2) is 0 Å². The van der Waals surface area contributed by atoms with Gasteiger partial charge in [-0.15, -0.1) is 0 Å². The van der Waals surface area contributed by atoms with Crippen molar-refractivity contribution in [3.8, 4) is 22.6 Å². The van der Waals surface area contributed by atoms with E-state index >= 15 is 0 Å². The standard InChI is InChI=1S/C27H28ClN3O3.C5H10.C2H4O/c1-29-21-11-12-30(17-21)24-10-8-22(16-26(24)33-2)31-13-14-34-25-15-19(5-9-23(25)27(31)32)18-3-6-20(28)7-4-18;1-2-4-5-3-1;1-2-3/h3-10,15-16,21,29H,11-14,17H2,1-2H3;1-5H2;2H,1H3. The molecule has 1 saturated carbocycles.